The zero-order valence-corrected chi connectivity index (χ0v) is 14.8. The molecule has 1 saturated carbocycles. The van der Waals surface area contributed by atoms with Gasteiger partial charge in [0.15, 0.2) is 0 Å². The van der Waals surface area contributed by atoms with Crippen molar-refractivity contribution in [2.45, 2.75) is 44.7 Å². The molecule has 0 saturated heterocycles. The Morgan fingerprint density at radius 1 is 1.48 bits per heavy atom. The van der Waals surface area contributed by atoms with Crippen molar-refractivity contribution < 1.29 is 13.7 Å². The highest BCUT2D eigenvalue weighted by Crippen LogP contribution is 2.27. The number of nitrogens with zero attached hydrogens (tertiary/aromatic N) is 2. The molecule has 0 aliphatic heterocycles. The molecule has 6 nitrogen and oxygen atoms in total. The zero-order chi connectivity index (χ0) is 17.1. The van der Waals surface area contributed by atoms with Gasteiger partial charge in [0.25, 0.3) is 0 Å². The lowest BCUT2D eigenvalue weighted by atomic mass is 10.00. The predicted molar refractivity (Wildman–Crippen MR) is 93.4 cm³/mol. The van der Waals surface area contributed by atoms with Crippen molar-refractivity contribution in [3.05, 3.63) is 36.0 Å². The van der Waals surface area contributed by atoms with E-state index in [0.717, 1.165) is 19.3 Å². The summed E-state index contributed by atoms with van der Waals surface area (Å²) in [4.78, 5) is 16.4. The highest BCUT2D eigenvalue weighted by atomic mass is 35.5. The van der Waals surface area contributed by atoms with Gasteiger partial charge in [0.1, 0.15) is 11.9 Å². The molecule has 0 radical (unpaired) electrons. The molecule has 3 atom stereocenters. The fraction of sp³-hybridized carbons (Fsp3) is 0.471. The Kier molecular flexibility index (Phi) is 6.50. The van der Waals surface area contributed by atoms with Crippen LogP contribution in [0.4, 0.5) is 4.39 Å². The average molecular weight is 369 g/mol. The molecule has 1 unspecified atom stereocenters. The maximum absolute atomic E-state index is 13.3. The van der Waals surface area contributed by atoms with Crippen LogP contribution >= 0.6 is 12.4 Å². The second-order valence-corrected chi connectivity index (χ2v) is 6.31. The summed E-state index contributed by atoms with van der Waals surface area (Å²) in [5.41, 5.74) is 6.53. The van der Waals surface area contributed by atoms with Crippen LogP contribution in [0.3, 0.4) is 0 Å². The quantitative estimate of drug-likeness (QED) is 0.846. The van der Waals surface area contributed by atoms with E-state index in [2.05, 4.69) is 15.5 Å². The van der Waals surface area contributed by atoms with E-state index < -0.39 is 6.04 Å². The van der Waals surface area contributed by atoms with E-state index in [9.17, 15) is 9.18 Å². The lowest BCUT2D eigenvalue weighted by Crippen LogP contribution is -2.33. The molecule has 136 valence electrons. The fourth-order valence-electron chi connectivity index (χ4n) is 3.08. The molecule has 25 heavy (non-hydrogen) atoms. The summed E-state index contributed by atoms with van der Waals surface area (Å²) in [6.07, 6.45) is 3.47. The molecule has 1 aliphatic rings. The van der Waals surface area contributed by atoms with Gasteiger partial charge < -0.3 is 15.6 Å². The van der Waals surface area contributed by atoms with Crippen LogP contribution in [0.25, 0.3) is 11.4 Å². The Bertz CT molecular complexity index is 724. The molecular formula is C17H22ClFN4O2. The molecular weight excluding hydrogens is 347 g/mol. The summed E-state index contributed by atoms with van der Waals surface area (Å²) in [5, 5.41) is 6.70. The maximum Gasteiger partial charge on any atom is 0.249 e. The average Bonchev–Trinajstić information content (AvgIpc) is 3.17. The minimum absolute atomic E-state index is 0. The van der Waals surface area contributed by atoms with Gasteiger partial charge in [-0.25, -0.2) is 4.39 Å². The third-order valence-corrected chi connectivity index (χ3v) is 4.44. The number of rotatable bonds is 5. The van der Waals surface area contributed by atoms with Crippen LogP contribution in [-0.2, 0) is 4.79 Å². The van der Waals surface area contributed by atoms with E-state index in [0.29, 0.717) is 23.7 Å². The number of carbonyl (C=O) groups excluding carboxylic acids is 1. The molecule has 1 aromatic carbocycles. The van der Waals surface area contributed by atoms with Gasteiger partial charge in [-0.15, -0.1) is 12.4 Å². The number of benzene rings is 1. The van der Waals surface area contributed by atoms with E-state index in [-0.39, 0.29) is 36.1 Å². The number of amides is 1. The smallest absolute Gasteiger partial charge is 0.249 e. The van der Waals surface area contributed by atoms with Gasteiger partial charge in [-0.3, -0.25) is 4.79 Å². The number of halogens is 2. The first-order valence-corrected chi connectivity index (χ1v) is 8.17. The SMILES string of the molecule is CC(NC(=O)C[C@@H]1CCC[C@H]1N)c1nc(-c2cccc(F)c2)no1.Cl. The second kappa shape index (κ2) is 8.40. The molecule has 3 N–H and O–H groups in total. The zero-order valence-electron chi connectivity index (χ0n) is 13.9. The van der Waals surface area contributed by atoms with Crippen molar-refractivity contribution in [3.8, 4) is 11.4 Å². The summed E-state index contributed by atoms with van der Waals surface area (Å²) in [5.74, 6) is 0.382. The van der Waals surface area contributed by atoms with E-state index >= 15 is 0 Å². The van der Waals surface area contributed by atoms with Crippen molar-refractivity contribution in [2.75, 3.05) is 0 Å². The Morgan fingerprint density at radius 3 is 2.96 bits per heavy atom. The number of hydrogen-bond donors (Lipinski definition) is 2. The van der Waals surface area contributed by atoms with Crippen LogP contribution in [0, 0.1) is 11.7 Å². The summed E-state index contributed by atoms with van der Waals surface area (Å²) in [6, 6.07) is 5.65. The van der Waals surface area contributed by atoms with Gasteiger partial charge in [0, 0.05) is 18.0 Å². The van der Waals surface area contributed by atoms with Crippen molar-refractivity contribution in [1.82, 2.24) is 15.5 Å². The standard InChI is InChI=1S/C17H21FN4O2.ClH/c1-10(20-15(23)9-11-4-3-7-14(11)19)17-21-16(22-24-17)12-5-2-6-13(18)8-12;/h2,5-6,8,10-11,14H,3-4,7,9,19H2,1H3,(H,20,23);1H/t10?,11-,14+;/m0./s1. The molecule has 0 bridgehead atoms. The monoisotopic (exact) mass is 368 g/mol. The van der Waals surface area contributed by atoms with Crippen LogP contribution < -0.4 is 11.1 Å². The van der Waals surface area contributed by atoms with Crippen LogP contribution in [0.5, 0.6) is 0 Å². The molecule has 2 aromatic rings. The maximum atomic E-state index is 13.3. The predicted octanol–water partition coefficient (Wildman–Crippen LogP) is 2.99. The number of carbonyl (C=O) groups is 1. The molecule has 1 heterocycles. The van der Waals surface area contributed by atoms with Gasteiger partial charge in [-0.05, 0) is 37.8 Å². The first kappa shape index (κ1) is 19.3. The minimum atomic E-state index is -0.412. The van der Waals surface area contributed by atoms with Crippen LogP contribution in [0.2, 0.25) is 0 Å². The fourth-order valence-corrected chi connectivity index (χ4v) is 3.08. The Balaban J connectivity index is 0.00000225. The lowest BCUT2D eigenvalue weighted by Gasteiger charge is -2.16. The topological polar surface area (TPSA) is 94.0 Å². The van der Waals surface area contributed by atoms with E-state index in [1.165, 1.54) is 12.1 Å². The molecule has 1 aliphatic carbocycles. The Labute approximate surface area is 151 Å². The van der Waals surface area contributed by atoms with Crippen LogP contribution in [0.1, 0.15) is 44.5 Å². The second-order valence-electron chi connectivity index (χ2n) is 6.31. The molecule has 1 amide bonds. The number of nitrogens with two attached hydrogens (primary N) is 1. The van der Waals surface area contributed by atoms with E-state index in [1.807, 2.05) is 0 Å². The van der Waals surface area contributed by atoms with Gasteiger partial charge in [-0.2, -0.15) is 4.98 Å². The van der Waals surface area contributed by atoms with Gasteiger partial charge in [0.05, 0.1) is 0 Å². The number of aromatic nitrogens is 2. The normalized spacial score (nSPS) is 20.8. The Morgan fingerprint density at radius 2 is 2.28 bits per heavy atom. The molecule has 8 heteroatoms. The number of nitrogens with one attached hydrogen (secondary N) is 1. The van der Waals surface area contributed by atoms with E-state index in [1.54, 1.807) is 19.1 Å². The highest BCUT2D eigenvalue weighted by Gasteiger charge is 2.27. The largest absolute Gasteiger partial charge is 0.345 e. The van der Waals surface area contributed by atoms with Gasteiger partial charge in [0.2, 0.25) is 17.6 Å². The minimum Gasteiger partial charge on any atom is -0.345 e. The van der Waals surface area contributed by atoms with Crippen LogP contribution in [-0.4, -0.2) is 22.1 Å². The third kappa shape index (κ3) is 4.76. The van der Waals surface area contributed by atoms with Gasteiger partial charge in [-0.1, -0.05) is 23.7 Å². The third-order valence-electron chi connectivity index (χ3n) is 4.44. The molecule has 0 spiro atoms. The van der Waals surface area contributed by atoms with Crippen molar-refractivity contribution in [2.24, 2.45) is 11.7 Å². The molecule has 1 fully saturated rings. The van der Waals surface area contributed by atoms with E-state index in [4.69, 9.17) is 10.3 Å². The summed E-state index contributed by atoms with van der Waals surface area (Å²) >= 11 is 0. The summed E-state index contributed by atoms with van der Waals surface area (Å²) < 4.78 is 18.5. The Hall–Kier alpha value is -1.99. The van der Waals surface area contributed by atoms with Crippen LogP contribution in [0.15, 0.2) is 28.8 Å². The first-order chi connectivity index (χ1) is 11.5. The summed E-state index contributed by atoms with van der Waals surface area (Å²) in [6.45, 7) is 1.77. The highest BCUT2D eigenvalue weighted by molar-refractivity contribution is 5.85. The van der Waals surface area contributed by atoms with Crippen molar-refractivity contribution >= 4 is 18.3 Å². The molecule has 1 aromatic heterocycles. The first-order valence-electron chi connectivity index (χ1n) is 8.17. The number of hydrogen-bond acceptors (Lipinski definition) is 5. The van der Waals surface area contributed by atoms with Crippen molar-refractivity contribution in [1.29, 1.82) is 0 Å². The summed E-state index contributed by atoms with van der Waals surface area (Å²) in [7, 11) is 0. The van der Waals surface area contributed by atoms with Crippen molar-refractivity contribution in [3.63, 3.8) is 0 Å². The van der Waals surface area contributed by atoms with Gasteiger partial charge >= 0.3 is 0 Å². The lowest BCUT2D eigenvalue weighted by molar-refractivity contribution is -0.122. The molecule has 3 rings (SSSR count).